The molecule has 0 aromatic heterocycles. The molecular weight excluding hydrogens is 359 g/mol. The van der Waals surface area contributed by atoms with Crippen molar-refractivity contribution in [3.8, 4) is 0 Å². The maximum absolute atomic E-state index is 12.9. The highest BCUT2D eigenvalue weighted by atomic mass is 35.5. The number of benzene rings is 2. The van der Waals surface area contributed by atoms with Gasteiger partial charge in [0.15, 0.2) is 6.10 Å². The molecular formula is C17H13ClF3NO3. The number of ether oxygens (including phenoxy) is 1. The van der Waals surface area contributed by atoms with Crippen LogP contribution in [0.5, 0.6) is 0 Å². The highest BCUT2D eigenvalue weighted by molar-refractivity contribution is 6.30. The topological polar surface area (TPSA) is 55.4 Å². The SMILES string of the molecule is C[C@H](OC(=O)c1cccc(Cl)c1)C(=O)Nc1ccccc1C(F)(F)F. The summed E-state index contributed by atoms with van der Waals surface area (Å²) in [7, 11) is 0. The summed E-state index contributed by atoms with van der Waals surface area (Å²) in [6, 6.07) is 10.4. The van der Waals surface area contributed by atoms with Crippen LogP contribution in [-0.2, 0) is 15.7 Å². The fourth-order valence-electron chi connectivity index (χ4n) is 1.97. The lowest BCUT2D eigenvalue weighted by molar-refractivity contribution is -0.137. The van der Waals surface area contributed by atoms with Crippen LogP contribution in [0.3, 0.4) is 0 Å². The summed E-state index contributed by atoms with van der Waals surface area (Å²) in [5, 5.41) is 2.43. The zero-order chi connectivity index (χ0) is 18.6. The molecule has 0 bridgehead atoms. The third-order valence-corrected chi connectivity index (χ3v) is 3.44. The molecule has 1 amide bonds. The van der Waals surface area contributed by atoms with Crippen molar-refractivity contribution in [1.82, 2.24) is 0 Å². The average Bonchev–Trinajstić information content (AvgIpc) is 2.54. The molecule has 0 heterocycles. The first kappa shape index (κ1) is 18.8. The molecule has 1 N–H and O–H groups in total. The van der Waals surface area contributed by atoms with Gasteiger partial charge in [-0.25, -0.2) is 4.79 Å². The zero-order valence-electron chi connectivity index (χ0n) is 12.9. The summed E-state index contributed by atoms with van der Waals surface area (Å²) < 4.78 is 43.7. The maximum atomic E-state index is 12.9. The highest BCUT2D eigenvalue weighted by Gasteiger charge is 2.34. The van der Waals surface area contributed by atoms with Crippen LogP contribution in [0.25, 0.3) is 0 Å². The van der Waals surface area contributed by atoms with E-state index in [9.17, 15) is 22.8 Å². The Labute approximate surface area is 146 Å². The number of hydrogen-bond donors (Lipinski definition) is 1. The second-order valence-corrected chi connectivity index (χ2v) is 5.53. The first-order valence-electron chi connectivity index (χ1n) is 7.12. The van der Waals surface area contributed by atoms with Gasteiger partial charge in [-0.15, -0.1) is 0 Å². The van der Waals surface area contributed by atoms with Gasteiger partial charge >= 0.3 is 12.1 Å². The predicted octanol–water partition coefficient (Wildman–Crippen LogP) is 4.54. The molecule has 0 unspecified atom stereocenters. The minimum atomic E-state index is -4.62. The molecule has 132 valence electrons. The van der Waals surface area contributed by atoms with E-state index >= 15 is 0 Å². The van der Waals surface area contributed by atoms with Gasteiger partial charge in [-0.3, -0.25) is 4.79 Å². The molecule has 25 heavy (non-hydrogen) atoms. The second-order valence-electron chi connectivity index (χ2n) is 5.09. The van der Waals surface area contributed by atoms with Crippen LogP contribution in [0.15, 0.2) is 48.5 Å². The van der Waals surface area contributed by atoms with Gasteiger partial charge in [-0.05, 0) is 37.3 Å². The lowest BCUT2D eigenvalue weighted by atomic mass is 10.1. The van der Waals surface area contributed by atoms with Gasteiger partial charge in [0.25, 0.3) is 5.91 Å². The van der Waals surface area contributed by atoms with Gasteiger partial charge < -0.3 is 10.1 Å². The molecule has 0 aliphatic heterocycles. The summed E-state index contributed by atoms with van der Waals surface area (Å²) in [6.45, 7) is 1.26. The standard InChI is InChI=1S/C17H13ClF3NO3/c1-10(25-16(24)11-5-4-6-12(18)9-11)15(23)22-14-8-3-2-7-13(14)17(19,20)21/h2-10H,1H3,(H,22,23)/t10-/m0/s1. The number of para-hydroxylation sites is 1. The summed E-state index contributed by atoms with van der Waals surface area (Å²) >= 11 is 5.76. The Bertz CT molecular complexity index is 793. The number of carbonyl (C=O) groups excluding carboxylic acids is 2. The van der Waals surface area contributed by atoms with Crippen LogP contribution >= 0.6 is 11.6 Å². The number of alkyl halides is 3. The smallest absolute Gasteiger partial charge is 0.418 e. The quantitative estimate of drug-likeness (QED) is 0.803. The Morgan fingerprint density at radius 1 is 1.12 bits per heavy atom. The molecule has 2 aromatic rings. The van der Waals surface area contributed by atoms with Gasteiger partial charge in [0, 0.05) is 5.02 Å². The summed E-state index contributed by atoms with van der Waals surface area (Å²) in [6.07, 6.45) is -5.92. The van der Waals surface area contributed by atoms with Crippen molar-refractivity contribution in [2.45, 2.75) is 19.2 Å². The maximum Gasteiger partial charge on any atom is 0.418 e. The van der Waals surface area contributed by atoms with E-state index in [1.807, 2.05) is 0 Å². The number of esters is 1. The largest absolute Gasteiger partial charge is 0.449 e. The molecule has 0 spiro atoms. The number of carbonyl (C=O) groups is 2. The molecule has 0 saturated heterocycles. The molecule has 1 atom stereocenters. The normalized spacial score (nSPS) is 12.4. The van der Waals surface area contributed by atoms with Gasteiger partial charge in [-0.1, -0.05) is 29.8 Å². The Balaban J connectivity index is 2.08. The fraction of sp³-hybridized carbons (Fsp3) is 0.176. The average molecular weight is 372 g/mol. The number of hydrogen-bond acceptors (Lipinski definition) is 3. The van der Waals surface area contributed by atoms with Crippen molar-refractivity contribution in [2.24, 2.45) is 0 Å². The zero-order valence-corrected chi connectivity index (χ0v) is 13.7. The molecule has 8 heteroatoms. The van der Waals surface area contributed by atoms with E-state index in [0.29, 0.717) is 5.02 Å². The number of nitrogens with one attached hydrogen (secondary N) is 1. The van der Waals surface area contributed by atoms with Crippen LogP contribution in [0, 0.1) is 0 Å². The van der Waals surface area contributed by atoms with Crippen LogP contribution in [0.4, 0.5) is 18.9 Å². The van der Waals surface area contributed by atoms with Crippen LogP contribution in [0.2, 0.25) is 5.02 Å². The van der Waals surface area contributed by atoms with Gasteiger partial charge in [0.05, 0.1) is 16.8 Å². The summed E-state index contributed by atoms with van der Waals surface area (Å²) in [5.74, 6) is -1.69. The first-order valence-corrected chi connectivity index (χ1v) is 7.50. The van der Waals surface area contributed by atoms with E-state index in [1.54, 1.807) is 6.07 Å². The Hall–Kier alpha value is -2.54. The lowest BCUT2D eigenvalue weighted by Crippen LogP contribution is -2.30. The molecule has 2 aromatic carbocycles. The number of anilines is 1. The van der Waals surface area contributed by atoms with Crippen molar-refractivity contribution in [3.05, 3.63) is 64.7 Å². The monoisotopic (exact) mass is 371 g/mol. The van der Waals surface area contributed by atoms with E-state index in [2.05, 4.69) is 5.32 Å². The number of halogens is 4. The number of rotatable bonds is 4. The Kier molecular flexibility index (Phi) is 5.69. The van der Waals surface area contributed by atoms with Crippen molar-refractivity contribution < 1.29 is 27.5 Å². The van der Waals surface area contributed by atoms with Crippen molar-refractivity contribution in [1.29, 1.82) is 0 Å². The minimum Gasteiger partial charge on any atom is -0.449 e. The van der Waals surface area contributed by atoms with Gasteiger partial charge in [0.2, 0.25) is 0 Å². The molecule has 0 aliphatic carbocycles. The molecule has 0 saturated carbocycles. The van der Waals surface area contributed by atoms with Crippen LogP contribution in [-0.4, -0.2) is 18.0 Å². The molecule has 4 nitrogen and oxygen atoms in total. The van der Waals surface area contributed by atoms with Gasteiger partial charge in [0.1, 0.15) is 0 Å². The van der Waals surface area contributed by atoms with E-state index in [4.69, 9.17) is 16.3 Å². The Morgan fingerprint density at radius 2 is 1.80 bits per heavy atom. The molecule has 0 aliphatic rings. The number of amides is 1. The van der Waals surface area contributed by atoms with Crippen molar-refractivity contribution in [3.63, 3.8) is 0 Å². The third kappa shape index (κ3) is 4.96. The van der Waals surface area contributed by atoms with Crippen LogP contribution < -0.4 is 5.32 Å². The highest BCUT2D eigenvalue weighted by Crippen LogP contribution is 2.34. The molecule has 0 radical (unpaired) electrons. The fourth-order valence-corrected chi connectivity index (χ4v) is 2.16. The lowest BCUT2D eigenvalue weighted by Gasteiger charge is -2.16. The second kappa shape index (κ2) is 7.57. The van der Waals surface area contributed by atoms with Gasteiger partial charge in [-0.2, -0.15) is 13.2 Å². The third-order valence-electron chi connectivity index (χ3n) is 3.20. The Morgan fingerprint density at radius 3 is 2.44 bits per heavy atom. The summed E-state index contributed by atoms with van der Waals surface area (Å²) in [5.41, 5.74) is -1.27. The van der Waals surface area contributed by atoms with E-state index < -0.39 is 35.4 Å². The van der Waals surface area contributed by atoms with Crippen molar-refractivity contribution >= 4 is 29.2 Å². The minimum absolute atomic E-state index is 0.128. The van der Waals surface area contributed by atoms with Crippen molar-refractivity contribution in [2.75, 3.05) is 5.32 Å². The summed E-state index contributed by atoms with van der Waals surface area (Å²) in [4.78, 5) is 24.0. The molecule has 2 rings (SSSR count). The predicted molar refractivity (Wildman–Crippen MR) is 86.4 cm³/mol. The molecule has 0 fully saturated rings. The van der Waals surface area contributed by atoms with E-state index in [0.717, 1.165) is 12.1 Å². The van der Waals surface area contributed by atoms with Crippen LogP contribution in [0.1, 0.15) is 22.8 Å². The van der Waals surface area contributed by atoms with E-state index in [-0.39, 0.29) is 5.56 Å². The van der Waals surface area contributed by atoms with E-state index in [1.165, 1.54) is 37.3 Å². The first-order chi connectivity index (χ1) is 11.7.